The van der Waals surface area contributed by atoms with Gasteiger partial charge in [-0.15, -0.1) is 11.3 Å². The molecule has 2 heterocycles. The van der Waals surface area contributed by atoms with Crippen molar-refractivity contribution in [2.75, 3.05) is 4.90 Å². The molecule has 1 aliphatic carbocycles. The van der Waals surface area contributed by atoms with E-state index in [0.717, 1.165) is 55.5 Å². The summed E-state index contributed by atoms with van der Waals surface area (Å²) in [4.78, 5) is 2.41. The van der Waals surface area contributed by atoms with Gasteiger partial charge in [-0.05, 0) is 111 Å². The highest BCUT2D eigenvalue weighted by molar-refractivity contribution is 7.25. The molecule has 0 spiro atoms. The molecule has 0 saturated carbocycles. The van der Waals surface area contributed by atoms with Gasteiger partial charge in [-0.2, -0.15) is 0 Å². The molecule has 0 unspecified atom stereocenters. The zero-order valence-corrected chi connectivity index (χ0v) is 33.0. The number of benzene rings is 9. The largest absolute Gasteiger partial charge is 0.455 e. The van der Waals surface area contributed by atoms with Crippen LogP contribution in [0.2, 0.25) is 0 Å². The van der Waals surface area contributed by atoms with E-state index in [1.165, 1.54) is 58.9 Å². The smallest absolute Gasteiger partial charge is 0.143 e. The van der Waals surface area contributed by atoms with Crippen molar-refractivity contribution >= 4 is 81.3 Å². The fraction of sp³-hybridized carbons (Fsp3) is 0.0545. The van der Waals surface area contributed by atoms with Gasteiger partial charge in [-0.3, -0.25) is 0 Å². The summed E-state index contributed by atoms with van der Waals surface area (Å²) in [6.07, 6.45) is 0. The van der Waals surface area contributed by atoms with Gasteiger partial charge in [0, 0.05) is 58.8 Å². The molecule has 11 aromatic rings. The highest BCUT2D eigenvalue weighted by Crippen LogP contribution is 2.52. The molecular weight excluding hydrogens is 723 g/mol. The lowest BCUT2D eigenvalue weighted by atomic mass is 9.79. The summed E-state index contributed by atoms with van der Waals surface area (Å²) in [6, 6.07) is 68.9. The molecule has 0 N–H and O–H groups in total. The van der Waals surface area contributed by atoms with Gasteiger partial charge in [0.15, 0.2) is 0 Å². The van der Waals surface area contributed by atoms with Gasteiger partial charge in [-0.25, -0.2) is 0 Å². The molecule has 0 radical (unpaired) electrons. The molecule has 0 atom stereocenters. The first-order chi connectivity index (χ1) is 28.5. The van der Waals surface area contributed by atoms with Crippen molar-refractivity contribution in [1.82, 2.24) is 0 Å². The van der Waals surface area contributed by atoms with E-state index in [1.807, 2.05) is 11.3 Å². The van der Waals surface area contributed by atoms with E-state index >= 15 is 0 Å². The third-order valence-corrected chi connectivity index (χ3v) is 13.6. The van der Waals surface area contributed by atoms with Gasteiger partial charge in [0.1, 0.15) is 11.2 Å². The molecule has 12 rings (SSSR count). The summed E-state index contributed by atoms with van der Waals surface area (Å²) < 4.78 is 9.21. The SMILES string of the molecule is CC1(C)c2ccccc2-c2cccc(-c3ccc(N(c4cccc(-c5cccc6oc7c8ccccc8ccc7c56)c4)c4ccc5sc6ccccc6c5c4)cc3)c21. The summed E-state index contributed by atoms with van der Waals surface area (Å²) >= 11 is 1.85. The first kappa shape index (κ1) is 33.2. The Hall–Kier alpha value is -6.94. The molecule has 274 valence electrons. The first-order valence-corrected chi connectivity index (χ1v) is 20.8. The molecule has 0 saturated heterocycles. The molecular formula is C55H37NOS. The van der Waals surface area contributed by atoms with Crippen molar-refractivity contribution in [3.63, 3.8) is 0 Å². The molecule has 3 heteroatoms. The summed E-state index contributed by atoms with van der Waals surface area (Å²) in [6.45, 7) is 4.73. The van der Waals surface area contributed by atoms with Crippen molar-refractivity contribution in [2.45, 2.75) is 19.3 Å². The zero-order chi connectivity index (χ0) is 38.5. The van der Waals surface area contributed by atoms with Crippen LogP contribution in [0.15, 0.2) is 192 Å². The minimum atomic E-state index is -0.0946. The summed E-state index contributed by atoms with van der Waals surface area (Å²) in [5, 5.41) is 7.16. The lowest BCUT2D eigenvalue weighted by molar-refractivity contribution is 0.662. The quantitative estimate of drug-likeness (QED) is 0.174. The number of hydrogen-bond acceptors (Lipinski definition) is 3. The van der Waals surface area contributed by atoms with Crippen LogP contribution >= 0.6 is 11.3 Å². The van der Waals surface area contributed by atoms with Gasteiger partial charge in [0.25, 0.3) is 0 Å². The maximum atomic E-state index is 6.61. The third kappa shape index (κ3) is 4.90. The van der Waals surface area contributed by atoms with Crippen LogP contribution in [0.3, 0.4) is 0 Å². The number of furan rings is 1. The zero-order valence-electron chi connectivity index (χ0n) is 32.2. The highest BCUT2D eigenvalue weighted by Gasteiger charge is 2.37. The predicted octanol–water partition coefficient (Wildman–Crippen LogP) is 16.2. The topological polar surface area (TPSA) is 16.4 Å². The number of fused-ring (bicyclic) bond motifs is 11. The molecule has 0 fully saturated rings. The lowest BCUT2D eigenvalue weighted by Crippen LogP contribution is -2.16. The predicted molar refractivity (Wildman–Crippen MR) is 247 cm³/mol. The number of anilines is 3. The maximum absolute atomic E-state index is 6.61. The number of thiophene rings is 1. The number of hydrogen-bond donors (Lipinski definition) is 0. The average molecular weight is 760 g/mol. The first-order valence-electron chi connectivity index (χ1n) is 20.0. The fourth-order valence-electron chi connectivity index (χ4n) is 9.79. The Bertz CT molecular complexity index is 3440. The Balaban J connectivity index is 1.02. The van der Waals surface area contributed by atoms with Gasteiger partial charge in [0.05, 0.1) is 0 Å². The van der Waals surface area contributed by atoms with Crippen molar-refractivity contribution in [1.29, 1.82) is 0 Å². The molecule has 2 nitrogen and oxygen atoms in total. The van der Waals surface area contributed by atoms with Crippen LogP contribution in [0.25, 0.3) is 86.3 Å². The molecule has 0 aliphatic heterocycles. The van der Waals surface area contributed by atoms with Gasteiger partial charge in [-0.1, -0.05) is 141 Å². The van der Waals surface area contributed by atoms with Crippen LogP contribution in [-0.2, 0) is 5.41 Å². The number of rotatable bonds is 5. The second-order valence-electron chi connectivity index (χ2n) is 16.1. The lowest BCUT2D eigenvalue weighted by Gasteiger charge is -2.27. The highest BCUT2D eigenvalue weighted by atomic mass is 32.1. The van der Waals surface area contributed by atoms with Crippen molar-refractivity contribution in [3.05, 3.63) is 199 Å². The second kappa shape index (κ2) is 12.5. The van der Waals surface area contributed by atoms with E-state index < -0.39 is 0 Å². The number of nitrogens with zero attached hydrogens (tertiary/aromatic N) is 1. The minimum Gasteiger partial charge on any atom is -0.455 e. The molecule has 1 aliphatic rings. The van der Waals surface area contributed by atoms with E-state index in [2.05, 4.69) is 207 Å². The van der Waals surface area contributed by atoms with E-state index in [0.29, 0.717) is 0 Å². The Morgan fingerprint density at radius 3 is 2.05 bits per heavy atom. The third-order valence-electron chi connectivity index (χ3n) is 12.4. The van der Waals surface area contributed by atoms with Gasteiger partial charge in [0.2, 0.25) is 0 Å². The van der Waals surface area contributed by atoms with Gasteiger partial charge >= 0.3 is 0 Å². The van der Waals surface area contributed by atoms with Crippen LogP contribution in [0.4, 0.5) is 17.1 Å². The Morgan fingerprint density at radius 1 is 0.448 bits per heavy atom. The standard InChI is InChI=1S/C55H37NOS/c1-55(2)48-21-7-5-16-43(48)45-20-10-19-41(53(45)55)35-24-27-37(28-25-35)56(39-29-31-51-47(33-39)44-17-6-8-23-50(44)58-51)38-14-9-13-36(32-38)40-18-11-22-49-52(40)46-30-26-34-12-3-4-15-42(34)54(46)57-49/h3-33H,1-2H3. The molecule has 58 heavy (non-hydrogen) atoms. The van der Waals surface area contributed by atoms with Crippen molar-refractivity contribution in [3.8, 4) is 33.4 Å². The van der Waals surface area contributed by atoms with Crippen LogP contribution in [0.1, 0.15) is 25.0 Å². The average Bonchev–Trinajstić information content (AvgIpc) is 3.92. The van der Waals surface area contributed by atoms with E-state index in [1.54, 1.807) is 0 Å². The fourth-order valence-corrected chi connectivity index (χ4v) is 10.9. The van der Waals surface area contributed by atoms with Crippen molar-refractivity contribution in [2.24, 2.45) is 0 Å². The van der Waals surface area contributed by atoms with Crippen molar-refractivity contribution < 1.29 is 4.42 Å². The van der Waals surface area contributed by atoms with E-state index in [-0.39, 0.29) is 5.41 Å². The minimum absolute atomic E-state index is 0.0946. The molecule has 0 amide bonds. The van der Waals surface area contributed by atoms with Crippen LogP contribution in [-0.4, -0.2) is 0 Å². The molecule has 2 aromatic heterocycles. The Morgan fingerprint density at radius 2 is 1.14 bits per heavy atom. The normalized spacial score (nSPS) is 13.1. The summed E-state index contributed by atoms with van der Waals surface area (Å²) in [5.74, 6) is 0. The molecule has 9 aromatic carbocycles. The summed E-state index contributed by atoms with van der Waals surface area (Å²) in [7, 11) is 0. The monoisotopic (exact) mass is 759 g/mol. The summed E-state index contributed by atoms with van der Waals surface area (Å²) in [5.41, 5.74) is 15.3. The molecule has 0 bridgehead atoms. The van der Waals surface area contributed by atoms with E-state index in [9.17, 15) is 0 Å². The van der Waals surface area contributed by atoms with E-state index in [4.69, 9.17) is 4.42 Å². The maximum Gasteiger partial charge on any atom is 0.143 e. The Labute approximate surface area is 340 Å². The second-order valence-corrected chi connectivity index (χ2v) is 17.1. The van der Waals surface area contributed by atoms with Crippen LogP contribution in [0.5, 0.6) is 0 Å². The van der Waals surface area contributed by atoms with Crippen LogP contribution < -0.4 is 4.90 Å². The van der Waals surface area contributed by atoms with Crippen LogP contribution in [0, 0.1) is 0 Å². The Kier molecular flexibility index (Phi) is 7.18. The van der Waals surface area contributed by atoms with Gasteiger partial charge < -0.3 is 9.32 Å².